The van der Waals surface area contributed by atoms with Crippen LogP contribution in [0.1, 0.15) is 16.1 Å². The minimum atomic E-state index is -0.193. The number of nitrogens with zero attached hydrogens (tertiary/aromatic N) is 1. The Morgan fingerprint density at radius 3 is 2.81 bits per heavy atom. The molecule has 82 valence electrons. The number of halogens is 1. The van der Waals surface area contributed by atoms with Crippen LogP contribution in [0.15, 0.2) is 34.9 Å². The lowest BCUT2D eigenvalue weighted by Crippen LogP contribution is -2.12. The first-order valence-corrected chi connectivity index (χ1v) is 5.74. The Morgan fingerprint density at radius 2 is 2.19 bits per heavy atom. The zero-order valence-corrected chi connectivity index (χ0v) is 10.7. The highest BCUT2D eigenvalue weighted by atomic mass is 127. The number of anilines is 1. The molecule has 0 aliphatic heterocycles. The topological polar surface area (TPSA) is 55.1 Å². The quantitative estimate of drug-likeness (QED) is 0.863. The van der Waals surface area contributed by atoms with E-state index in [9.17, 15) is 4.79 Å². The maximum absolute atomic E-state index is 11.8. The number of aromatic nitrogens is 1. The standard InChI is InChI=1S/C11H9IN2O2/c1-7-6-10(16-14-7)13-11(15)8-4-2-3-5-9(8)12/h2-6H,1H3,(H,13,15). The fraction of sp³-hybridized carbons (Fsp3) is 0.0909. The molecule has 4 nitrogen and oxygen atoms in total. The van der Waals surface area contributed by atoms with E-state index in [0.717, 1.165) is 9.26 Å². The molecule has 0 spiro atoms. The van der Waals surface area contributed by atoms with Crippen molar-refractivity contribution in [1.29, 1.82) is 0 Å². The number of amides is 1. The Labute approximate surface area is 106 Å². The fourth-order valence-corrected chi connectivity index (χ4v) is 1.88. The number of benzene rings is 1. The summed E-state index contributed by atoms with van der Waals surface area (Å²) < 4.78 is 5.81. The van der Waals surface area contributed by atoms with Crippen molar-refractivity contribution in [2.24, 2.45) is 0 Å². The predicted octanol–water partition coefficient (Wildman–Crippen LogP) is 2.84. The number of carbonyl (C=O) groups excluding carboxylic acids is 1. The molecule has 1 amide bonds. The Bertz CT molecular complexity index is 522. The molecule has 1 aromatic carbocycles. The van der Waals surface area contributed by atoms with Crippen molar-refractivity contribution >= 4 is 34.4 Å². The highest BCUT2D eigenvalue weighted by Gasteiger charge is 2.11. The van der Waals surface area contributed by atoms with E-state index >= 15 is 0 Å². The van der Waals surface area contributed by atoms with Gasteiger partial charge in [-0.2, -0.15) is 0 Å². The third-order valence-corrected chi connectivity index (χ3v) is 2.92. The molecule has 0 unspecified atom stereocenters. The van der Waals surface area contributed by atoms with E-state index in [0.29, 0.717) is 11.4 Å². The first-order chi connectivity index (χ1) is 7.66. The number of hydrogen-bond donors (Lipinski definition) is 1. The van der Waals surface area contributed by atoms with Crippen LogP contribution in [0, 0.1) is 10.5 Å². The van der Waals surface area contributed by atoms with E-state index in [1.54, 1.807) is 19.1 Å². The minimum Gasteiger partial charge on any atom is -0.338 e. The zero-order chi connectivity index (χ0) is 11.5. The highest BCUT2D eigenvalue weighted by molar-refractivity contribution is 14.1. The zero-order valence-electron chi connectivity index (χ0n) is 8.53. The molecule has 2 aromatic rings. The molecule has 1 N–H and O–H groups in total. The van der Waals surface area contributed by atoms with Gasteiger partial charge in [0.05, 0.1) is 11.3 Å². The Kier molecular flexibility index (Phi) is 3.23. The summed E-state index contributed by atoms with van der Waals surface area (Å²) in [5.41, 5.74) is 1.36. The predicted molar refractivity (Wildman–Crippen MR) is 68.4 cm³/mol. The van der Waals surface area contributed by atoms with Crippen LogP contribution in [0.2, 0.25) is 0 Å². The van der Waals surface area contributed by atoms with Crippen LogP contribution in [-0.2, 0) is 0 Å². The maximum Gasteiger partial charge on any atom is 0.259 e. The molecule has 0 aliphatic carbocycles. The number of carbonyl (C=O) groups is 1. The van der Waals surface area contributed by atoms with Crippen molar-refractivity contribution in [1.82, 2.24) is 5.16 Å². The van der Waals surface area contributed by atoms with Crippen LogP contribution < -0.4 is 5.32 Å². The molecule has 0 fully saturated rings. The van der Waals surface area contributed by atoms with Crippen LogP contribution in [0.4, 0.5) is 5.88 Å². The van der Waals surface area contributed by atoms with Gasteiger partial charge in [-0.15, -0.1) is 0 Å². The molecule has 5 heteroatoms. The van der Waals surface area contributed by atoms with Crippen LogP contribution in [0.3, 0.4) is 0 Å². The number of hydrogen-bond acceptors (Lipinski definition) is 3. The van der Waals surface area contributed by atoms with E-state index in [4.69, 9.17) is 4.52 Å². The van der Waals surface area contributed by atoms with Gasteiger partial charge in [-0.25, -0.2) is 0 Å². The molecule has 16 heavy (non-hydrogen) atoms. The van der Waals surface area contributed by atoms with Crippen molar-refractivity contribution in [3.05, 3.63) is 45.2 Å². The van der Waals surface area contributed by atoms with Crippen LogP contribution >= 0.6 is 22.6 Å². The van der Waals surface area contributed by atoms with Crippen molar-refractivity contribution in [3.63, 3.8) is 0 Å². The largest absolute Gasteiger partial charge is 0.338 e. The van der Waals surface area contributed by atoms with E-state index < -0.39 is 0 Å². The SMILES string of the molecule is Cc1cc(NC(=O)c2ccccc2I)on1. The lowest BCUT2D eigenvalue weighted by Gasteiger charge is -2.02. The molecule has 0 aliphatic rings. The summed E-state index contributed by atoms with van der Waals surface area (Å²) in [4.78, 5) is 11.8. The Balaban J connectivity index is 2.18. The molecule has 1 aromatic heterocycles. The molecule has 0 saturated carbocycles. The summed E-state index contributed by atoms with van der Waals surface area (Å²) >= 11 is 2.12. The van der Waals surface area contributed by atoms with Crippen molar-refractivity contribution in [2.45, 2.75) is 6.92 Å². The molecule has 0 radical (unpaired) electrons. The summed E-state index contributed by atoms with van der Waals surface area (Å²) in [5, 5.41) is 6.34. The van der Waals surface area contributed by atoms with Crippen LogP contribution in [0.5, 0.6) is 0 Å². The van der Waals surface area contributed by atoms with E-state index in [2.05, 4.69) is 33.1 Å². The lowest BCUT2D eigenvalue weighted by atomic mass is 10.2. The first kappa shape index (κ1) is 11.1. The van der Waals surface area contributed by atoms with Gasteiger partial charge >= 0.3 is 0 Å². The Morgan fingerprint density at radius 1 is 1.44 bits per heavy atom. The second-order valence-electron chi connectivity index (χ2n) is 3.27. The van der Waals surface area contributed by atoms with E-state index in [1.165, 1.54) is 0 Å². The van der Waals surface area contributed by atoms with Gasteiger partial charge in [0, 0.05) is 9.64 Å². The van der Waals surface area contributed by atoms with Crippen molar-refractivity contribution in [3.8, 4) is 0 Å². The van der Waals surface area contributed by atoms with Gasteiger partial charge in [0.25, 0.3) is 5.91 Å². The van der Waals surface area contributed by atoms with Gasteiger partial charge in [-0.05, 0) is 41.6 Å². The summed E-state index contributed by atoms with van der Waals surface area (Å²) in [7, 11) is 0. The summed E-state index contributed by atoms with van der Waals surface area (Å²) in [6, 6.07) is 9.02. The van der Waals surface area contributed by atoms with Crippen molar-refractivity contribution < 1.29 is 9.32 Å². The molecule has 0 bridgehead atoms. The minimum absolute atomic E-state index is 0.193. The third kappa shape index (κ3) is 2.41. The second-order valence-corrected chi connectivity index (χ2v) is 4.43. The summed E-state index contributed by atoms with van der Waals surface area (Å²) in [5.74, 6) is 0.170. The average Bonchev–Trinajstić information content (AvgIpc) is 2.64. The van der Waals surface area contributed by atoms with E-state index in [-0.39, 0.29) is 5.91 Å². The second kappa shape index (κ2) is 4.65. The highest BCUT2D eigenvalue weighted by Crippen LogP contribution is 2.15. The van der Waals surface area contributed by atoms with Gasteiger partial charge in [-0.1, -0.05) is 17.3 Å². The molecule has 0 saturated heterocycles. The van der Waals surface area contributed by atoms with E-state index in [1.807, 2.05) is 18.2 Å². The first-order valence-electron chi connectivity index (χ1n) is 4.66. The third-order valence-electron chi connectivity index (χ3n) is 1.98. The fourth-order valence-electron chi connectivity index (χ4n) is 1.25. The van der Waals surface area contributed by atoms with Crippen LogP contribution in [0.25, 0.3) is 0 Å². The van der Waals surface area contributed by atoms with Crippen molar-refractivity contribution in [2.75, 3.05) is 5.32 Å². The normalized spacial score (nSPS) is 10.1. The molecule has 1 heterocycles. The molecular formula is C11H9IN2O2. The number of aryl methyl sites for hydroxylation is 1. The molecular weight excluding hydrogens is 319 g/mol. The monoisotopic (exact) mass is 328 g/mol. The van der Waals surface area contributed by atoms with Gasteiger partial charge in [-0.3, -0.25) is 10.1 Å². The van der Waals surface area contributed by atoms with Gasteiger partial charge < -0.3 is 4.52 Å². The summed E-state index contributed by atoms with van der Waals surface area (Å²) in [6.07, 6.45) is 0. The Hall–Kier alpha value is -1.37. The lowest BCUT2D eigenvalue weighted by molar-refractivity contribution is 0.102. The number of nitrogens with one attached hydrogen (secondary N) is 1. The van der Waals surface area contributed by atoms with Crippen LogP contribution in [-0.4, -0.2) is 11.1 Å². The molecule has 2 rings (SSSR count). The van der Waals surface area contributed by atoms with Gasteiger partial charge in [0.1, 0.15) is 0 Å². The number of rotatable bonds is 2. The average molecular weight is 328 g/mol. The maximum atomic E-state index is 11.8. The van der Waals surface area contributed by atoms with Gasteiger partial charge in [0.2, 0.25) is 5.88 Å². The molecule has 0 atom stereocenters. The summed E-state index contributed by atoms with van der Waals surface area (Å²) in [6.45, 7) is 1.80. The smallest absolute Gasteiger partial charge is 0.259 e. The van der Waals surface area contributed by atoms with Gasteiger partial charge in [0.15, 0.2) is 0 Å².